The third-order valence-corrected chi connectivity index (χ3v) is 2.77. The van der Waals surface area contributed by atoms with Crippen molar-refractivity contribution < 1.29 is 9.13 Å². The Bertz CT molecular complexity index is 558. The van der Waals surface area contributed by atoms with Crippen LogP contribution < -0.4 is 10.1 Å². The van der Waals surface area contributed by atoms with Crippen molar-refractivity contribution in [1.82, 2.24) is 10.3 Å². The summed E-state index contributed by atoms with van der Waals surface area (Å²) < 4.78 is 18.9. The van der Waals surface area contributed by atoms with Crippen LogP contribution in [0.2, 0.25) is 0 Å². The van der Waals surface area contributed by atoms with Gasteiger partial charge in [-0.25, -0.2) is 4.39 Å². The van der Waals surface area contributed by atoms with Crippen LogP contribution in [0.15, 0.2) is 42.5 Å². The van der Waals surface area contributed by atoms with Crippen molar-refractivity contribution in [3.05, 3.63) is 59.7 Å². The molecule has 3 nitrogen and oxygen atoms in total. The van der Waals surface area contributed by atoms with Gasteiger partial charge in [0.2, 0.25) is 0 Å². The molecular weight excluding hydrogens is 255 g/mol. The van der Waals surface area contributed by atoms with E-state index < -0.39 is 0 Å². The Morgan fingerprint density at radius 3 is 2.60 bits per heavy atom. The monoisotopic (exact) mass is 274 g/mol. The lowest BCUT2D eigenvalue weighted by molar-refractivity contribution is 0.285. The largest absolute Gasteiger partial charge is 0.484 e. The number of halogens is 1. The first-order valence-electron chi connectivity index (χ1n) is 6.70. The number of hydrogen-bond acceptors (Lipinski definition) is 3. The van der Waals surface area contributed by atoms with Gasteiger partial charge in [-0.15, -0.1) is 0 Å². The Balaban J connectivity index is 1.96. The van der Waals surface area contributed by atoms with E-state index in [-0.39, 0.29) is 18.2 Å². The van der Waals surface area contributed by atoms with E-state index >= 15 is 0 Å². The lowest BCUT2D eigenvalue weighted by Gasteiger charge is -2.10. The Hall–Kier alpha value is -1.94. The fraction of sp³-hybridized carbons (Fsp3) is 0.312. The molecule has 106 valence electrons. The SMILES string of the molecule is CC(C)NCc1cccc(COc2ccccc2F)n1. The van der Waals surface area contributed by atoms with Crippen molar-refractivity contribution >= 4 is 0 Å². The highest BCUT2D eigenvalue weighted by molar-refractivity contribution is 5.24. The lowest BCUT2D eigenvalue weighted by Crippen LogP contribution is -2.22. The van der Waals surface area contributed by atoms with Gasteiger partial charge >= 0.3 is 0 Å². The standard InChI is InChI=1S/C16H19FN2O/c1-12(2)18-10-13-6-5-7-14(19-13)11-20-16-9-4-3-8-15(16)17/h3-9,12,18H,10-11H2,1-2H3. The second-order valence-electron chi connectivity index (χ2n) is 4.87. The molecule has 1 aromatic carbocycles. The number of aromatic nitrogens is 1. The van der Waals surface area contributed by atoms with Crippen LogP contribution in [0, 0.1) is 5.82 Å². The van der Waals surface area contributed by atoms with Gasteiger partial charge in [0, 0.05) is 12.6 Å². The Labute approximate surface area is 118 Å². The number of pyridine rings is 1. The van der Waals surface area contributed by atoms with E-state index in [1.807, 2.05) is 18.2 Å². The first-order valence-corrected chi connectivity index (χ1v) is 6.70. The van der Waals surface area contributed by atoms with E-state index in [0.717, 1.165) is 11.4 Å². The molecule has 1 heterocycles. The molecule has 0 radical (unpaired) electrons. The number of nitrogens with one attached hydrogen (secondary N) is 1. The molecule has 0 aliphatic rings. The van der Waals surface area contributed by atoms with Gasteiger partial charge in [0.05, 0.1) is 11.4 Å². The average Bonchev–Trinajstić information content (AvgIpc) is 2.45. The van der Waals surface area contributed by atoms with Gasteiger partial charge < -0.3 is 10.1 Å². The summed E-state index contributed by atoms with van der Waals surface area (Å²) in [6.07, 6.45) is 0. The van der Waals surface area contributed by atoms with Crippen molar-refractivity contribution in [2.75, 3.05) is 0 Å². The fourth-order valence-corrected chi connectivity index (χ4v) is 1.73. The minimum atomic E-state index is -0.356. The third kappa shape index (κ3) is 4.31. The van der Waals surface area contributed by atoms with Gasteiger partial charge in [0.25, 0.3) is 0 Å². The summed E-state index contributed by atoms with van der Waals surface area (Å²) in [5, 5.41) is 3.31. The molecule has 0 saturated heterocycles. The highest BCUT2D eigenvalue weighted by atomic mass is 19.1. The normalized spacial score (nSPS) is 10.8. The number of hydrogen-bond donors (Lipinski definition) is 1. The van der Waals surface area contributed by atoms with Gasteiger partial charge in [0.15, 0.2) is 11.6 Å². The fourth-order valence-electron chi connectivity index (χ4n) is 1.73. The van der Waals surface area contributed by atoms with Gasteiger partial charge in [-0.1, -0.05) is 32.0 Å². The van der Waals surface area contributed by atoms with Crippen LogP contribution >= 0.6 is 0 Å². The predicted molar refractivity (Wildman–Crippen MR) is 76.9 cm³/mol. The molecule has 4 heteroatoms. The first kappa shape index (κ1) is 14.5. The Morgan fingerprint density at radius 2 is 1.85 bits per heavy atom. The molecule has 2 rings (SSSR count). The van der Waals surface area contributed by atoms with Crippen LogP contribution in [0.5, 0.6) is 5.75 Å². The molecule has 0 aliphatic carbocycles. The molecule has 0 unspecified atom stereocenters. The van der Waals surface area contributed by atoms with Crippen LogP contribution in [0.1, 0.15) is 25.2 Å². The van der Waals surface area contributed by atoms with E-state index in [1.54, 1.807) is 18.2 Å². The topological polar surface area (TPSA) is 34.1 Å². The zero-order valence-corrected chi connectivity index (χ0v) is 11.8. The van der Waals surface area contributed by atoms with Crippen molar-refractivity contribution in [1.29, 1.82) is 0 Å². The van der Waals surface area contributed by atoms with Crippen molar-refractivity contribution in [2.24, 2.45) is 0 Å². The van der Waals surface area contributed by atoms with Crippen molar-refractivity contribution in [3.63, 3.8) is 0 Å². The molecule has 2 aromatic rings. The number of ether oxygens (including phenoxy) is 1. The predicted octanol–water partition coefficient (Wildman–Crippen LogP) is 3.30. The van der Waals surface area contributed by atoms with E-state index in [1.165, 1.54) is 6.07 Å². The zero-order chi connectivity index (χ0) is 14.4. The maximum absolute atomic E-state index is 13.4. The molecule has 0 atom stereocenters. The van der Waals surface area contributed by atoms with E-state index in [0.29, 0.717) is 12.6 Å². The Morgan fingerprint density at radius 1 is 1.10 bits per heavy atom. The van der Waals surface area contributed by atoms with E-state index in [9.17, 15) is 4.39 Å². The van der Waals surface area contributed by atoms with Gasteiger partial charge in [0.1, 0.15) is 6.61 Å². The maximum atomic E-state index is 13.4. The highest BCUT2D eigenvalue weighted by Crippen LogP contribution is 2.16. The van der Waals surface area contributed by atoms with Crippen LogP contribution in [-0.2, 0) is 13.2 Å². The number of para-hydroxylation sites is 1. The molecule has 0 amide bonds. The summed E-state index contributed by atoms with van der Waals surface area (Å²) in [5.74, 6) is -0.106. The molecular formula is C16H19FN2O. The van der Waals surface area contributed by atoms with Crippen molar-refractivity contribution in [2.45, 2.75) is 33.0 Å². The molecule has 20 heavy (non-hydrogen) atoms. The molecule has 0 fully saturated rings. The molecule has 0 aliphatic heterocycles. The van der Waals surface area contributed by atoms with Crippen LogP contribution in [0.25, 0.3) is 0 Å². The van der Waals surface area contributed by atoms with Gasteiger partial charge in [-0.05, 0) is 24.3 Å². The minimum Gasteiger partial charge on any atom is -0.484 e. The quantitative estimate of drug-likeness (QED) is 0.877. The third-order valence-electron chi connectivity index (χ3n) is 2.77. The molecule has 0 bridgehead atoms. The maximum Gasteiger partial charge on any atom is 0.165 e. The highest BCUT2D eigenvalue weighted by Gasteiger charge is 2.04. The molecule has 1 aromatic heterocycles. The van der Waals surface area contributed by atoms with Crippen molar-refractivity contribution in [3.8, 4) is 5.75 Å². The second-order valence-corrected chi connectivity index (χ2v) is 4.87. The van der Waals surface area contributed by atoms with Gasteiger partial charge in [-0.3, -0.25) is 4.98 Å². The van der Waals surface area contributed by atoms with E-state index in [4.69, 9.17) is 4.74 Å². The number of rotatable bonds is 6. The minimum absolute atomic E-state index is 0.250. The van der Waals surface area contributed by atoms with Gasteiger partial charge in [-0.2, -0.15) is 0 Å². The number of nitrogens with zero attached hydrogens (tertiary/aromatic N) is 1. The summed E-state index contributed by atoms with van der Waals surface area (Å²) in [5.41, 5.74) is 1.74. The van der Waals surface area contributed by atoms with E-state index in [2.05, 4.69) is 24.1 Å². The smallest absolute Gasteiger partial charge is 0.165 e. The molecule has 1 N–H and O–H groups in total. The summed E-state index contributed by atoms with van der Waals surface area (Å²) in [6, 6.07) is 12.6. The molecule has 0 spiro atoms. The average molecular weight is 274 g/mol. The summed E-state index contributed by atoms with van der Waals surface area (Å²) in [4.78, 5) is 4.48. The molecule has 0 saturated carbocycles. The summed E-state index contributed by atoms with van der Waals surface area (Å²) in [7, 11) is 0. The summed E-state index contributed by atoms with van der Waals surface area (Å²) in [6.45, 7) is 5.15. The summed E-state index contributed by atoms with van der Waals surface area (Å²) >= 11 is 0. The second kappa shape index (κ2) is 7.01. The Kier molecular flexibility index (Phi) is 5.07. The lowest BCUT2D eigenvalue weighted by atomic mass is 10.3. The first-order chi connectivity index (χ1) is 9.65. The zero-order valence-electron chi connectivity index (χ0n) is 11.8. The number of benzene rings is 1. The van der Waals surface area contributed by atoms with Crippen LogP contribution in [-0.4, -0.2) is 11.0 Å². The van der Waals surface area contributed by atoms with Crippen LogP contribution in [0.3, 0.4) is 0 Å². The van der Waals surface area contributed by atoms with Crippen LogP contribution in [0.4, 0.5) is 4.39 Å².